The van der Waals surface area contributed by atoms with Crippen LogP contribution in [0.4, 0.5) is 0 Å². The van der Waals surface area contributed by atoms with Crippen molar-refractivity contribution in [3.63, 3.8) is 0 Å². The van der Waals surface area contributed by atoms with Crippen molar-refractivity contribution in [2.75, 3.05) is 26.2 Å². The summed E-state index contributed by atoms with van der Waals surface area (Å²) in [4.78, 5) is 2.31. The molecule has 1 fully saturated rings. The maximum absolute atomic E-state index is 9.88. The summed E-state index contributed by atoms with van der Waals surface area (Å²) in [5, 5.41) is 22.1. The Kier molecular flexibility index (Phi) is 7.81. The highest BCUT2D eigenvalue weighted by molar-refractivity contribution is 5.85. The summed E-state index contributed by atoms with van der Waals surface area (Å²) in [5.41, 5.74) is 1.44. The molecule has 0 spiro atoms. The molecule has 1 atom stereocenters. The maximum Gasteiger partial charge on any atom is 0.120 e. The van der Waals surface area contributed by atoms with Gasteiger partial charge in [-0.25, -0.2) is 0 Å². The number of aromatic hydroxyl groups is 1. The van der Waals surface area contributed by atoms with E-state index in [1.807, 2.05) is 0 Å². The SMILES string of the molecule is C[C@@H](c1cc(C#N)ccc1O)N1CCNCC1.Cl.Cl. The van der Waals surface area contributed by atoms with E-state index < -0.39 is 0 Å². The molecule has 19 heavy (non-hydrogen) atoms. The highest BCUT2D eigenvalue weighted by Gasteiger charge is 2.20. The first-order valence-corrected chi connectivity index (χ1v) is 5.90. The number of halogens is 2. The fraction of sp³-hybridized carbons (Fsp3) is 0.462. The van der Waals surface area contributed by atoms with Gasteiger partial charge >= 0.3 is 0 Å². The van der Waals surface area contributed by atoms with E-state index in [2.05, 4.69) is 23.2 Å². The molecular weight excluding hydrogens is 285 g/mol. The molecule has 0 amide bonds. The lowest BCUT2D eigenvalue weighted by atomic mass is 10.0. The summed E-state index contributed by atoms with van der Waals surface area (Å²) in [5.74, 6) is 0.273. The number of nitrogens with zero attached hydrogens (tertiary/aromatic N) is 2. The van der Waals surface area contributed by atoms with Gasteiger partial charge in [0.2, 0.25) is 0 Å². The van der Waals surface area contributed by atoms with Crippen LogP contribution in [0.1, 0.15) is 24.1 Å². The third-order valence-corrected chi connectivity index (χ3v) is 3.31. The molecule has 2 rings (SSSR count). The molecule has 1 aliphatic heterocycles. The lowest BCUT2D eigenvalue weighted by molar-refractivity contribution is 0.183. The van der Waals surface area contributed by atoms with Crippen molar-refractivity contribution in [1.82, 2.24) is 10.2 Å². The molecule has 0 radical (unpaired) electrons. The van der Waals surface area contributed by atoms with Gasteiger partial charge in [0.1, 0.15) is 5.75 Å². The molecule has 1 aliphatic rings. The Hall–Kier alpha value is -0.990. The molecule has 1 aromatic rings. The molecule has 0 bridgehead atoms. The van der Waals surface area contributed by atoms with Crippen LogP contribution in [0.15, 0.2) is 18.2 Å². The molecule has 106 valence electrons. The molecule has 1 saturated heterocycles. The largest absolute Gasteiger partial charge is 0.508 e. The summed E-state index contributed by atoms with van der Waals surface area (Å²) in [6.45, 7) is 5.96. The van der Waals surface area contributed by atoms with Gasteiger partial charge < -0.3 is 10.4 Å². The summed E-state index contributed by atoms with van der Waals surface area (Å²) >= 11 is 0. The van der Waals surface area contributed by atoms with Crippen molar-refractivity contribution in [2.45, 2.75) is 13.0 Å². The number of rotatable bonds is 2. The van der Waals surface area contributed by atoms with E-state index in [0.717, 1.165) is 31.7 Å². The Morgan fingerprint density at radius 1 is 1.32 bits per heavy atom. The van der Waals surface area contributed by atoms with E-state index in [1.54, 1.807) is 18.2 Å². The number of nitrogens with one attached hydrogen (secondary N) is 1. The van der Waals surface area contributed by atoms with Gasteiger partial charge in [0.25, 0.3) is 0 Å². The van der Waals surface area contributed by atoms with Gasteiger partial charge in [0.05, 0.1) is 11.6 Å². The number of hydrogen-bond acceptors (Lipinski definition) is 4. The predicted molar refractivity (Wildman–Crippen MR) is 80.2 cm³/mol. The minimum atomic E-state index is 0. The summed E-state index contributed by atoms with van der Waals surface area (Å²) in [6, 6.07) is 7.28. The number of hydrogen-bond donors (Lipinski definition) is 2. The second kappa shape index (κ2) is 8.23. The number of benzene rings is 1. The van der Waals surface area contributed by atoms with Crippen LogP contribution in [0, 0.1) is 11.3 Å². The predicted octanol–water partition coefficient (Wildman–Crippen LogP) is 2.07. The fourth-order valence-corrected chi connectivity index (χ4v) is 2.22. The summed E-state index contributed by atoms with van der Waals surface area (Å²) in [7, 11) is 0. The highest BCUT2D eigenvalue weighted by atomic mass is 35.5. The van der Waals surface area contributed by atoms with Crippen molar-refractivity contribution in [3.05, 3.63) is 29.3 Å². The second-order valence-electron chi connectivity index (χ2n) is 4.35. The van der Waals surface area contributed by atoms with Crippen LogP contribution >= 0.6 is 24.8 Å². The van der Waals surface area contributed by atoms with E-state index in [9.17, 15) is 5.11 Å². The first-order valence-electron chi connectivity index (χ1n) is 5.90. The monoisotopic (exact) mass is 303 g/mol. The Morgan fingerprint density at radius 2 is 1.95 bits per heavy atom. The molecule has 1 heterocycles. The van der Waals surface area contributed by atoms with Gasteiger partial charge in [-0.3, -0.25) is 4.90 Å². The Balaban J connectivity index is 0.00000162. The second-order valence-corrected chi connectivity index (χ2v) is 4.35. The average Bonchev–Trinajstić information content (AvgIpc) is 2.39. The third-order valence-electron chi connectivity index (χ3n) is 3.31. The van der Waals surface area contributed by atoms with Gasteiger partial charge in [0, 0.05) is 37.8 Å². The van der Waals surface area contributed by atoms with Crippen molar-refractivity contribution < 1.29 is 5.11 Å². The van der Waals surface area contributed by atoms with Gasteiger partial charge in [-0.15, -0.1) is 24.8 Å². The van der Waals surface area contributed by atoms with E-state index in [1.165, 1.54) is 0 Å². The van der Waals surface area contributed by atoms with E-state index in [-0.39, 0.29) is 36.6 Å². The number of nitriles is 1. The standard InChI is InChI=1S/C13H17N3O.2ClH/c1-10(16-6-4-15-5-7-16)12-8-11(9-14)2-3-13(12)17;;/h2-3,8,10,15,17H,4-7H2,1H3;2*1H/t10-;;/m0../s1. The quantitative estimate of drug-likeness (QED) is 0.878. The van der Waals surface area contributed by atoms with Gasteiger partial charge in [-0.1, -0.05) is 0 Å². The lowest BCUT2D eigenvalue weighted by Crippen LogP contribution is -2.44. The van der Waals surface area contributed by atoms with Crippen molar-refractivity contribution in [3.8, 4) is 11.8 Å². The first-order chi connectivity index (χ1) is 8.22. The van der Waals surface area contributed by atoms with E-state index in [0.29, 0.717) is 5.56 Å². The highest BCUT2D eigenvalue weighted by Crippen LogP contribution is 2.29. The summed E-state index contributed by atoms with van der Waals surface area (Å²) < 4.78 is 0. The maximum atomic E-state index is 9.88. The molecule has 6 heteroatoms. The lowest BCUT2D eigenvalue weighted by Gasteiger charge is -2.33. The Bertz CT molecular complexity index is 442. The van der Waals surface area contributed by atoms with Crippen LogP contribution in [0.2, 0.25) is 0 Å². The summed E-state index contributed by atoms with van der Waals surface area (Å²) in [6.07, 6.45) is 0. The fourth-order valence-electron chi connectivity index (χ4n) is 2.22. The van der Waals surface area contributed by atoms with Crippen LogP contribution in [0.3, 0.4) is 0 Å². The van der Waals surface area contributed by atoms with Crippen molar-refractivity contribution in [1.29, 1.82) is 5.26 Å². The number of piperazine rings is 1. The van der Waals surface area contributed by atoms with E-state index in [4.69, 9.17) is 5.26 Å². The zero-order valence-corrected chi connectivity index (χ0v) is 12.4. The van der Waals surface area contributed by atoms with Crippen LogP contribution in [0.5, 0.6) is 5.75 Å². The Morgan fingerprint density at radius 3 is 2.53 bits per heavy atom. The minimum Gasteiger partial charge on any atom is -0.508 e. The zero-order chi connectivity index (χ0) is 12.3. The van der Waals surface area contributed by atoms with Crippen molar-refractivity contribution in [2.24, 2.45) is 0 Å². The smallest absolute Gasteiger partial charge is 0.120 e. The van der Waals surface area contributed by atoms with Crippen LogP contribution in [-0.2, 0) is 0 Å². The van der Waals surface area contributed by atoms with Crippen molar-refractivity contribution >= 4 is 24.8 Å². The molecule has 0 saturated carbocycles. The third kappa shape index (κ3) is 4.26. The normalized spacial score (nSPS) is 16.6. The molecule has 0 aliphatic carbocycles. The molecule has 1 aromatic carbocycles. The average molecular weight is 304 g/mol. The topological polar surface area (TPSA) is 59.3 Å². The molecular formula is C13H19Cl2N3O. The van der Waals surface area contributed by atoms with Gasteiger partial charge in [-0.05, 0) is 25.1 Å². The van der Waals surface area contributed by atoms with Gasteiger partial charge in [0.15, 0.2) is 0 Å². The first kappa shape index (κ1) is 18.0. The molecule has 4 nitrogen and oxygen atoms in total. The molecule has 2 N–H and O–H groups in total. The van der Waals surface area contributed by atoms with Crippen LogP contribution in [-0.4, -0.2) is 36.2 Å². The van der Waals surface area contributed by atoms with E-state index >= 15 is 0 Å². The zero-order valence-electron chi connectivity index (χ0n) is 10.8. The number of phenolic OH excluding ortho intramolecular Hbond substituents is 1. The van der Waals surface area contributed by atoms with Crippen LogP contribution in [0.25, 0.3) is 0 Å². The number of phenols is 1. The Labute approximate surface area is 126 Å². The van der Waals surface area contributed by atoms with Crippen LogP contribution < -0.4 is 5.32 Å². The molecule has 0 aromatic heterocycles. The minimum absolute atomic E-state index is 0. The van der Waals surface area contributed by atoms with Gasteiger partial charge in [-0.2, -0.15) is 5.26 Å². The molecule has 0 unspecified atom stereocenters.